The van der Waals surface area contributed by atoms with Crippen molar-refractivity contribution >= 4 is 22.2 Å². The zero-order valence-electron chi connectivity index (χ0n) is 18.3. The number of carbonyl (C=O) groups is 1. The molecule has 34 heavy (non-hydrogen) atoms. The smallest absolute Gasteiger partial charge is 0.349 e. The standard InChI is InChI=1S/C24H22F3N5O2/c1-31(17-8-9-17)11-10-28-22(33)20-19(24(25,26)27)21-23(34)29-18(13-32(21)30-20)16-7-6-14-4-2-3-5-15(14)12-16/h2-7,12-13,17H,8-11H2,1H3,(H,28,33)(H,29,34). The van der Waals surface area contributed by atoms with Crippen molar-refractivity contribution in [3.8, 4) is 11.3 Å². The molecule has 2 aromatic heterocycles. The molecule has 0 atom stereocenters. The van der Waals surface area contributed by atoms with Gasteiger partial charge in [0.15, 0.2) is 5.69 Å². The Morgan fingerprint density at radius 1 is 1.21 bits per heavy atom. The summed E-state index contributed by atoms with van der Waals surface area (Å²) in [5.41, 5.74) is -2.95. The lowest BCUT2D eigenvalue weighted by Gasteiger charge is -2.15. The van der Waals surface area contributed by atoms with Crippen LogP contribution in [0.1, 0.15) is 28.9 Å². The summed E-state index contributed by atoms with van der Waals surface area (Å²) in [5.74, 6) is -0.966. The maximum absolute atomic E-state index is 13.9. The van der Waals surface area contributed by atoms with Gasteiger partial charge in [-0.25, -0.2) is 4.52 Å². The van der Waals surface area contributed by atoms with E-state index < -0.39 is 34.4 Å². The van der Waals surface area contributed by atoms with Gasteiger partial charge in [0.05, 0.1) is 11.9 Å². The Morgan fingerprint density at radius 2 is 1.94 bits per heavy atom. The van der Waals surface area contributed by atoms with E-state index in [2.05, 4.69) is 20.3 Å². The lowest BCUT2D eigenvalue weighted by Crippen LogP contribution is -2.34. The minimum absolute atomic E-state index is 0.176. The van der Waals surface area contributed by atoms with E-state index in [9.17, 15) is 22.8 Å². The number of nitrogens with zero attached hydrogens (tertiary/aromatic N) is 3. The van der Waals surface area contributed by atoms with Crippen LogP contribution in [0.3, 0.4) is 0 Å². The van der Waals surface area contributed by atoms with Crippen LogP contribution in [-0.2, 0) is 6.18 Å². The van der Waals surface area contributed by atoms with Crippen LogP contribution < -0.4 is 10.9 Å². The molecule has 0 saturated heterocycles. The van der Waals surface area contributed by atoms with E-state index in [1.54, 1.807) is 6.07 Å². The van der Waals surface area contributed by atoms with Crippen molar-refractivity contribution in [2.45, 2.75) is 25.1 Å². The number of alkyl halides is 3. The highest BCUT2D eigenvalue weighted by Gasteiger charge is 2.41. The third-order valence-electron chi connectivity index (χ3n) is 6.10. The van der Waals surface area contributed by atoms with Gasteiger partial charge in [-0.3, -0.25) is 9.59 Å². The summed E-state index contributed by atoms with van der Waals surface area (Å²) in [5, 5.41) is 8.28. The maximum atomic E-state index is 13.9. The van der Waals surface area contributed by atoms with Crippen LogP contribution in [0.15, 0.2) is 53.5 Å². The molecule has 2 heterocycles. The molecule has 1 aliphatic carbocycles. The molecule has 0 radical (unpaired) electrons. The number of fused-ring (bicyclic) bond motifs is 2. The molecule has 1 aliphatic rings. The molecular formula is C24H22F3N5O2. The number of aromatic nitrogens is 3. The number of nitrogens with one attached hydrogen (secondary N) is 2. The van der Waals surface area contributed by atoms with Crippen molar-refractivity contribution < 1.29 is 18.0 Å². The van der Waals surface area contributed by atoms with E-state index >= 15 is 0 Å². The van der Waals surface area contributed by atoms with Gasteiger partial charge < -0.3 is 15.2 Å². The second kappa shape index (κ2) is 8.28. The largest absolute Gasteiger partial charge is 0.421 e. The summed E-state index contributed by atoms with van der Waals surface area (Å²) >= 11 is 0. The van der Waals surface area contributed by atoms with Crippen molar-refractivity contribution in [2.75, 3.05) is 20.1 Å². The fraction of sp³-hybridized carbons (Fsp3) is 0.292. The Kier molecular flexibility index (Phi) is 5.40. The number of carbonyl (C=O) groups excluding carboxylic acids is 1. The monoisotopic (exact) mass is 469 g/mol. The van der Waals surface area contributed by atoms with Crippen molar-refractivity contribution in [3.63, 3.8) is 0 Å². The molecule has 0 unspecified atom stereocenters. The van der Waals surface area contributed by atoms with E-state index in [0.717, 1.165) is 28.1 Å². The SMILES string of the molecule is CN(CCNC(=O)c1nn2cc(-c3ccc4ccccc4c3)[nH]c(=O)c2c1C(F)(F)F)C1CC1. The summed E-state index contributed by atoms with van der Waals surface area (Å²) in [6.07, 6.45) is -1.47. The van der Waals surface area contributed by atoms with Gasteiger partial charge in [0.2, 0.25) is 0 Å². The molecule has 1 saturated carbocycles. The average Bonchev–Trinajstić information content (AvgIpc) is 3.57. The van der Waals surface area contributed by atoms with Gasteiger partial charge in [0.1, 0.15) is 11.1 Å². The molecule has 0 spiro atoms. The van der Waals surface area contributed by atoms with Crippen molar-refractivity contribution in [2.24, 2.45) is 0 Å². The summed E-state index contributed by atoms with van der Waals surface area (Å²) < 4.78 is 42.6. The van der Waals surface area contributed by atoms with Gasteiger partial charge in [-0.15, -0.1) is 0 Å². The molecule has 7 nitrogen and oxygen atoms in total. The molecule has 0 bridgehead atoms. The van der Waals surface area contributed by atoms with Gasteiger partial charge in [0.25, 0.3) is 11.5 Å². The molecule has 4 aromatic rings. The van der Waals surface area contributed by atoms with Crippen molar-refractivity contribution in [3.05, 3.63) is 70.3 Å². The topological polar surface area (TPSA) is 82.5 Å². The van der Waals surface area contributed by atoms with Crippen LogP contribution in [0.5, 0.6) is 0 Å². The third-order valence-corrected chi connectivity index (χ3v) is 6.10. The molecule has 10 heteroatoms. The minimum atomic E-state index is -4.93. The quantitative estimate of drug-likeness (QED) is 0.451. The number of amides is 1. The molecule has 0 aliphatic heterocycles. The summed E-state index contributed by atoms with van der Waals surface area (Å²) in [4.78, 5) is 30.0. The molecule has 5 rings (SSSR count). The first-order chi connectivity index (χ1) is 16.2. The van der Waals surface area contributed by atoms with Crippen molar-refractivity contribution in [1.82, 2.24) is 24.8 Å². The number of hydrogen-bond donors (Lipinski definition) is 2. The molecular weight excluding hydrogens is 447 g/mol. The van der Waals surface area contributed by atoms with E-state index in [4.69, 9.17) is 0 Å². The third kappa shape index (κ3) is 4.16. The number of benzene rings is 2. The molecule has 1 amide bonds. The van der Waals surface area contributed by atoms with Gasteiger partial charge >= 0.3 is 6.18 Å². The lowest BCUT2D eigenvalue weighted by atomic mass is 10.1. The van der Waals surface area contributed by atoms with E-state index in [1.807, 2.05) is 43.4 Å². The first kappa shape index (κ1) is 22.1. The van der Waals surface area contributed by atoms with Gasteiger partial charge in [0, 0.05) is 24.7 Å². The number of aromatic amines is 1. The fourth-order valence-corrected chi connectivity index (χ4v) is 4.14. The van der Waals surface area contributed by atoms with Crippen LogP contribution in [0.25, 0.3) is 27.5 Å². The van der Waals surface area contributed by atoms with Crippen molar-refractivity contribution in [1.29, 1.82) is 0 Å². The average molecular weight is 469 g/mol. The predicted molar refractivity (Wildman–Crippen MR) is 122 cm³/mol. The normalized spacial score (nSPS) is 14.3. The number of halogens is 3. The molecule has 2 aromatic carbocycles. The minimum Gasteiger partial charge on any atom is -0.349 e. The van der Waals surface area contributed by atoms with Crippen LogP contribution in [-0.4, -0.2) is 51.6 Å². The van der Waals surface area contributed by atoms with E-state index in [0.29, 0.717) is 18.2 Å². The number of rotatable bonds is 6. The Hall–Kier alpha value is -3.66. The van der Waals surface area contributed by atoms with Crippen LogP contribution in [0.4, 0.5) is 13.2 Å². The summed E-state index contributed by atoms with van der Waals surface area (Å²) in [6, 6.07) is 13.5. The first-order valence-electron chi connectivity index (χ1n) is 10.9. The second-order valence-electron chi connectivity index (χ2n) is 8.54. The molecule has 2 N–H and O–H groups in total. The van der Waals surface area contributed by atoms with Gasteiger partial charge in [-0.2, -0.15) is 18.3 Å². The number of hydrogen-bond acceptors (Lipinski definition) is 4. The summed E-state index contributed by atoms with van der Waals surface area (Å²) in [6.45, 7) is 0.688. The van der Waals surface area contributed by atoms with E-state index in [-0.39, 0.29) is 12.2 Å². The molecule has 1 fully saturated rings. The van der Waals surface area contributed by atoms with Gasteiger partial charge in [-0.1, -0.05) is 36.4 Å². The van der Waals surface area contributed by atoms with Gasteiger partial charge in [-0.05, 0) is 36.7 Å². The highest BCUT2D eigenvalue weighted by atomic mass is 19.4. The number of likely N-dealkylation sites (N-methyl/N-ethyl adjacent to an activating group) is 1. The Balaban J connectivity index is 1.53. The fourth-order valence-electron chi connectivity index (χ4n) is 4.14. The Morgan fingerprint density at radius 3 is 2.65 bits per heavy atom. The predicted octanol–water partition coefficient (Wildman–Crippen LogP) is 3.69. The van der Waals surface area contributed by atoms with Crippen LogP contribution in [0.2, 0.25) is 0 Å². The number of H-pyrrole nitrogens is 1. The second-order valence-corrected chi connectivity index (χ2v) is 8.54. The first-order valence-corrected chi connectivity index (χ1v) is 10.9. The Labute approximate surface area is 192 Å². The van der Waals surface area contributed by atoms with Crippen LogP contribution in [0, 0.1) is 0 Å². The highest BCUT2D eigenvalue weighted by molar-refractivity contribution is 5.96. The van der Waals surface area contributed by atoms with Crippen LogP contribution >= 0.6 is 0 Å². The van der Waals surface area contributed by atoms with E-state index in [1.165, 1.54) is 6.20 Å². The Bertz CT molecular complexity index is 1450. The highest BCUT2D eigenvalue weighted by Crippen LogP contribution is 2.34. The summed E-state index contributed by atoms with van der Waals surface area (Å²) in [7, 11) is 1.91. The zero-order valence-corrected chi connectivity index (χ0v) is 18.3. The molecule has 176 valence electrons. The lowest BCUT2D eigenvalue weighted by molar-refractivity contribution is -0.136. The zero-order chi connectivity index (χ0) is 24.0. The maximum Gasteiger partial charge on any atom is 0.421 e.